The molecule has 44 valence electrons. The molecule has 0 bridgehead atoms. The van der Waals surface area contributed by atoms with Crippen LogP contribution in [0.3, 0.4) is 0 Å². The predicted molar refractivity (Wildman–Crippen MR) is 34.0 cm³/mol. The van der Waals surface area contributed by atoms with E-state index in [1.165, 1.54) is 0 Å². The fourth-order valence-corrected chi connectivity index (χ4v) is 0. The molecule has 0 aliphatic rings. The fraction of sp³-hybridized carbons (Fsp3) is 0.600. The number of hydrogen-bond donors (Lipinski definition) is 2. The Bertz CT molecular complexity index is 25.3. The highest BCUT2D eigenvalue weighted by Gasteiger charge is 1.54. The Morgan fingerprint density at radius 2 is 1.57 bits per heavy atom. The molecule has 0 aromatic carbocycles. The second-order valence-electron chi connectivity index (χ2n) is 0.986. The van der Waals surface area contributed by atoms with Crippen molar-refractivity contribution in [1.29, 1.82) is 0 Å². The largest absolute Gasteiger partial charge is 0.329 e. The fourth-order valence-electron chi connectivity index (χ4n) is 0. The Kier molecular flexibility index (Phi) is 24.4. The maximum absolute atomic E-state index is 4.90. The van der Waals surface area contributed by atoms with Gasteiger partial charge in [-0.3, -0.25) is 0 Å². The molecular weight excluding hydrogens is 88.1 g/mol. The van der Waals surface area contributed by atoms with Crippen LogP contribution in [0.25, 0.3) is 0 Å². The summed E-state index contributed by atoms with van der Waals surface area (Å²) in [4.78, 5) is 0. The highest BCUT2D eigenvalue weighted by Crippen LogP contribution is 1.38. The Labute approximate surface area is 45.2 Å². The van der Waals surface area contributed by atoms with E-state index in [0.717, 1.165) is 0 Å². The molecule has 0 atom stereocenters. The first-order chi connectivity index (χ1) is 3.33. The third kappa shape index (κ3) is 174. The Hall–Kier alpha value is -0.340. The van der Waals surface area contributed by atoms with Crippen LogP contribution in [0.15, 0.2) is 12.7 Å². The van der Waals surface area contributed by atoms with Gasteiger partial charge in [-0.25, -0.2) is 0 Å². The molecule has 0 saturated carbocycles. The van der Waals surface area contributed by atoms with Crippen molar-refractivity contribution in [3.8, 4) is 0 Å². The van der Waals surface area contributed by atoms with Crippen LogP contribution in [-0.4, -0.2) is 13.1 Å². The zero-order chi connectivity index (χ0) is 6.12. The van der Waals surface area contributed by atoms with Gasteiger partial charge < -0.3 is 11.5 Å². The molecule has 0 saturated heterocycles. The summed E-state index contributed by atoms with van der Waals surface area (Å²) in [5.74, 6) is 0. The quantitative estimate of drug-likeness (QED) is 0.461. The average molecular weight is 102 g/mol. The minimum atomic E-state index is 0.597. The van der Waals surface area contributed by atoms with Crippen molar-refractivity contribution >= 4 is 0 Å². The second-order valence-corrected chi connectivity index (χ2v) is 0.986. The van der Waals surface area contributed by atoms with Crippen molar-refractivity contribution in [2.75, 3.05) is 13.1 Å². The van der Waals surface area contributed by atoms with Gasteiger partial charge in [-0.05, 0) is 6.92 Å². The molecule has 0 amide bonds. The summed E-state index contributed by atoms with van der Waals surface area (Å²) >= 11 is 0. The normalized spacial score (nSPS) is 6.14. The van der Waals surface area contributed by atoms with E-state index in [9.17, 15) is 0 Å². The lowest BCUT2D eigenvalue weighted by molar-refractivity contribution is 0.976. The second kappa shape index (κ2) is 17.4. The van der Waals surface area contributed by atoms with Crippen molar-refractivity contribution < 1.29 is 0 Å². The molecule has 0 aromatic rings. The average Bonchev–Trinajstić information content (AvgIpc) is 1.69. The third-order valence-corrected chi connectivity index (χ3v) is 0.167. The van der Waals surface area contributed by atoms with Gasteiger partial charge in [0, 0.05) is 13.1 Å². The highest BCUT2D eigenvalue weighted by atomic mass is 14.6. The molecule has 0 fully saturated rings. The van der Waals surface area contributed by atoms with Gasteiger partial charge >= 0.3 is 0 Å². The van der Waals surface area contributed by atoms with E-state index in [2.05, 4.69) is 6.58 Å². The SMILES string of the molecule is C=CC.NCCN. The molecule has 0 aliphatic carbocycles. The summed E-state index contributed by atoms with van der Waals surface area (Å²) in [5.41, 5.74) is 9.81. The molecule has 0 heterocycles. The summed E-state index contributed by atoms with van der Waals surface area (Å²) in [6.45, 7) is 6.44. The van der Waals surface area contributed by atoms with Gasteiger partial charge in [0.25, 0.3) is 0 Å². The molecule has 0 aliphatic heterocycles. The van der Waals surface area contributed by atoms with E-state index in [-0.39, 0.29) is 0 Å². The zero-order valence-corrected chi connectivity index (χ0v) is 4.85. The van der Waals surface area contributed by atoms with Gasteiger partial charge in [0.05, 0.1) is 0 Å². The van der Waals surface area contributed by atoms with Gasteiger partial charge in [-0.2, -0.15) is 0 Å². The van der Waals surface area contributed by atoms with E-state index in [0.29, 0.717) is 13.1 Å². The number of allylic oxidation sites excluding steroid dienone is 1. The Balaban J connectivity index is 0. The monoisotopic (exact) mass is 102 g/mol. The molecule has 2 heteroatoms. The van der Waals surface area contributed by atoms with Gasteiger partial charge in [0.2, 0.25) is 0 Å². The summed E-state index contributed by atoms with van der Waals surface area (Å²) < 4.78 is 0. The number of rotatable bonds is 1. The van der Waals surface area contributed by atoms with Crippen LogP contribution in [0.1, 0.15) is 6.92 Å². The molecule has 0 spiro atoms. The molecule has 7 heavy (non-hydrogen) atoms. The standard InChI is InChI=1S/C3H6.C2H8N2/c1-3-2;3-1-2-4/h3H,1H2,2H3;1-4H2. The lowest BCUT2D eigenvalue weighted by Gasteiger charge is -1.72. The van der Waals surface area contributed by atoms with Gasteiger partial charge in [-0.1, -0.05) is 6.08 Å². The van der Waals surface area contributed by atoms with Crippen molar-refractivity contribution in [2.45, 2.75) is 6.92 Å². The molecule has 4 N–H and O–H groups in total. The van der Waals surface area contributed by atoms with Gasteiger partial charge in [0.15, 0.2) is 0 Å². The summed E-state index contributed by atoms with van der Waals surface area (Å²) in [6.07, 6.45) is 1.75. The van der Waals surface area contributed by atoms with Crippen LogP contribution in [0, 0.1) is 0 Å². The van der Waals surface area contributed by atoms with E-state index >= 15 is 0 Å². The van der Waals surface area contributed by atoms with Crippen LogP contribution in [0.2, 0.25) is 0 Å². The molecule has 0 unspecified atom stereocenters. The van der Waals surface area contributed by atoms with E-state index in [1.54, 1.807) is 6.08 Å². The highest BCUT2D eigenvalue weighted by molar-refractivity contribution is 4.51. The van der Waals surface area contributed by atoms with E-state index < -0.39 is 0 Å². The predicted octanol–water partition coefficient (Wildman–Crippen LogP) is 0.0961. The Morgan fingerprint density at radius 3 is 1.57 bits per heavy atom. The van der Waals surface area contributed by atoms with Crippen molar-refractivity contribution in [2.24, 2.45) is 11.5 Å². The summed E-state index contributed by atoms with van der Waals surface area (Å²) in [7, 11) is 0. The molecule has 2 nitrogen and oxygen atoms in total. The summed E-state index contributed by atoms with van der Waals surface area (Å²) in [6, 6.07) is 0. The lowest BCUT2D eigenvalue weighted by Crippen LogP contribution is -2.11. The van der Waals surface area contributed by atoms with Crippen LogP contribution in [0.4, 0.5) is 0 Å². The van der Waals surface area contributed by atoms with Gasteiger partial charge in [0.1, 0.15) is 0 Å². The number of nitrogens with two attached hydrogens (primary N) is 2. The summed E-state index contributed by atoms with van der Waals surface area (Å²) in [5, 5.41) is 0. The van der Waals surface area contributed by atoms with Crippen LogP contribution < -0.4 is 11.5 Å². The maximum atomic E-state index is 4.90. The lowest BCUT2D eigenvalue weighted by atomic mass is 10.7. The zero-order valence-electron chi connectivity index (χ0n) is 4.85. The van der Waals surface area contributed by atoms with Crippen LogP contribution in [0.5, 0.6) is 0 Å². The smallest absolute Gasteiger partial charge is 0.00461 e. The minimum absolute atomic E-state index is 0.597. The topological polar surface area (TPSA) is 52.0 Å². The first kappa shape index (κ1) is 9.83. The van der Waals surface area contributed by atoms with Crippen LogP contribution >= 0.6 is 0 Å². The first-order valence-corrected chi connectivity index (χ1v) is 2.30. The van der Waals surface area contributed by atoms with Crippen molar-refractivity contribution in [3.63, 3.8) is 0 Å². The first-order valence-electron chi connectivity index (χ1n) is 2.30. The van der Waals surface area contributed by atoms with Gasteiger partial charge in [-0.15, -0.1) is 6.58 Å². The maximum Gasteiger partial charge on any atom is 0.00461 e. The van der Waals surface area contributed by atoms with Crippen molar-refractivity contribution in [3.05, 3.63) is 12.7 Å². The third-order valence-electron chi connectivity index (χ3n) is 0.167. The van der Waals surface area contributed by atoms with Crippen LogP contribution in [-0.2, 0) is 0 Å². The Morgan fingerprint density at radius 1 is 1.43 bits per heavy atom. The minimum Gasteiger partial charge on any atom is -0.329 e. The van der Waals surface area contributed by atoms with E-state index in [1.807, 2.05) is 6.92 Å². The molecule has 0 rings (SSSR count). The van der Waals surface area contributed by atoms with E-state index in [4.69, 9.17) is 11.5 Å². The number of hydrogen-bond acceptors (Lipinski definition) is 2. The molecule has 0 radical (unpaired) electrons. The van der Waals surface area contributed by atoms with Crippen molar-refractivity contribution in [1.82, 2.24) is 0 Å². The molecular formula is C5H14N2. The molecule has 0 aromatic heterocycles.